The van der Waals surface area contributed by atoms with Crippen molar-refractivity contribution in [2.45, 2.75) is 4.90 Å². The highest BCUT2D eigenvalue weighted by molar-refractivity contribution is 7.97. The van der Waals surface area contributed by atoms with Gasteiger partial charge in [0.1, 0.15) is 0 Å². The van der Waals surface area contributed by atoms with Crippen molar-refractivity contribution in [1.82, 2.24) is 0 Å². The lowest BCUT2D eigenvalue weighted by molar-refractivity contribution is 0.0391. The molecule has 0 saturated heterocycles. The highest BCUT2D eigenvalue weighted by atomic mass is 32.2. The molecule has 0 saturated carbocycles. The predicted molar refractivity (Wildman–Crippen MR) is 89.2 cm³/mol. The summed E-state index contributed by atoms with van der Waals surface area (Å²) in [5, 5.41) is 7.24. The van der Waals surface area contributed by atoms with Crippen LogP contribution in [-0.2, 0) is 4.74 Å². The Morgan fingerprint density at radius 3 is 2.17 bits per heavy atom. The summed E-state index contributed by atoms with van der Waals surface area (Å²) in [6.45, 7) is 0. The summed E-state index contributed by atoms with van der Waals surface area (Å²) < 4.78 is 4.79. The molecule has 3 aromatic rings. The van der Waals surface area contributed by atoms with Gasteiger partial charge in [0, 0.05) is 10.3 Å². The number of ether oxygens (including phenoxy) is 1. The zero-order valence-electron chi connectivity index (χ0n) is 11.9. The number of carbonyl (C=O) groups excluding carboxylic acids is 2. The van der Waals surface area contributed by atoms with Gasteiger partial charge in [0.05, 0.1) is 11.1 Å². The molecule has 3 aromatic carbocycles. The van der Waals surface area contributed by atoms with Crippen LogP contribution >= 0.6 is 11.9 Å². The molecule has 4 nitrogen and oxygen atoms in total. The molecule has 0 aliphatic carbocycles. The molecule has 5 heteroatoms. The average molecular weight is 321 g/mol. The van der Waals surface area contributed by atoms with Gasteiger partial charge in [-0.05, 0) is 46.7 Å². The fourth-order valence-electron chi connectivity index (χ4n) is 2.97. The van der Waals surface area contributed by atoms with Gasteiger partial charge >= 0.3 is 11.9 Å². The summed E-state index contributed by atoms with van der Waals surface area (Å²) in [6.07, 6.45) is 0. The lowest BCUT2D eigenvalue weighted by Gasteiger charge is -2.18. The van der Waals surface area contributed by atoms with Crippen LogP contribution in [-0.4, -0.2) is 11.9 Å². The Hall–Kier alpha value is -2.63. The Morgan fingerprint density at radius 2 is 1.39 bits per heavy atom. The van der Waals surface area contributed by atoms with Gasteiger partial charge in [-0.3, -0.25) is 5.14 Å². The summed E-state index contributed by atoms with van der Waals surface area (Å²) in [5.41, 5.74) is 2.73. The van der Waals surface area contributed by atoms with Gasteiger partial charge < -0.3 is 4.74 Å². The van der Waals surface area contributed by atoms with Crippen molar-refractivity contribution in [3.63, 3.8) is 0 Å². The lowest BCUT2D eigenvalue weighted by Crippen LogP contribution is -2.19. The number of cyclic esters (lactones) is 2. The van der Waals surface area contributed by atoms with E-state index in [4.69, 9.17) is 9.88 Å². The van der Waals surface area contributed by atoms with E-state index in [1.54, 1.807) is 18.2 Å². The molecule has 0 aromatic heterocycles. The van der Waals surface area contributed by atoms with Crippen LogP contribution in [0.1, 0.15) is 20.7 Å². The normalized spacial score (nSPS) is 13.3. The number of carbonyl (C=O) groups is 2. The van der Waals surface area contributed by atoms with Crippen molar-refractivity contribution in [2.75, 3.05) is 0 Å². The summed E-state index contributed by atoms with van der Waals surface area (Å²) in [7, 11) is 0. The summed E-state index contributed by atoms with van der Waals surface area (Å²) in [6, 6.07) is 16.7. The van der Waals surface area contributed by atoms with E-state index >= 15 is 0 Å². The molecule has 0 bridgehead atoms. The molecule has 0 spiro atoms. The first-order chi connectivity index (χ1) is 11.2. The van der Waals surface area contributed by atoms with Gasteiger partial charge in [-0.25, -0.2) is 9.59 Å². The number of rotatable bonds is 2. The lowest BCUT2D eigenvalue weighted by atomic mass is 9.91. The molecule has 0 atom stereocenters. The number of hydrogen-bond donors (Lipinski definition) is 1. The van der Waals surface area contributed by atoms with Crippen molar-refractivity contribution in [1.29, 1.82) is 0 Å². The zero-order valence-corrected chi connectivity index (χ0v) is 12.7. The largest absolute Gasteiger partial charge is 0.386 e. The fraction of sp³-hybridized carbons (Fsp3) is 0. The molecule has 2 N–H and O–H groups in total. The average Bonchev–Trinajstić information content (AvgIpc) is 2.59. The molecule has 1 aliphatic heterocycles. The Bertz CT molecular complexity index is 961. The van der Waals surface area contributed by atoms with Crippen LogP contribution in [0.5, 0.6) is 0 Å². The quantitative estimate of drug-likeness (QED) is 0.442. The standard InChI is InChI=1S/C18H11NO3S/c19-23-15-7-2-1-4-11(15)10-8-9-14-16-12(10)5-3-6-13(16)17(20)22-18(14)21/h1-9H,19H2. The van der Waals surface area contributed by atoms with E-state index in [1.165, 1.54) is 11.9 Å². The smallest absolute Gasteiger partial charge is 0.346 e. The highest BCUT2D eigenvalue weighted by Gasteiger charge is 2.28. The van der Waals surface area contributed by atoms with Crippen molar-refractivity contribution < 1.29 is 14.3 Å². The first-order valence-electron chi connectivity index (χ1n) is 6.99. The Morgan fingerprint density at radius 1 is 0.739 bits per heavy atom. The monoisotopic (exact) mass is 321 g/mol. The Balaban J connectivity index is 2.11. The third kappa shape index (κ3) is 2.05. The topological polar surface area (TPSA) is 69.4 Å². The van der Waals surface area contributed by atoms with E-state index in [0.29, 0.717) is 16.5 Å². The SMILES string of the molecule is NSc1ccccc1-c1ccc2c3c(cccc13)C(=O)OC2=O. The van der Waals surface area contributed by atoms with Crippen LogP contribution in [0.25, 0.3) is 21.9 Å². The van der Waals surface area contributed by atoms with E-state index in [0.717, 1.165) is 21.4 Å². The zero-order chi connectivity index (χ0) is 16.0. The van der Waals surface area contributed by atoms with Crippen molar-refractivity contribution >= 4 is 34.7 Å². The maximum Gasteiger partial charge on any atom is 0.346 e. The molecule has 112 valence electrons. The van der Waals surface area contributed by atoms with Crippen molar-refractivity contribution in [3.05, 3.63) is 65.7 Å². The molecule has 0 fully saturated rings. The number of hydrogen-bond acceptors (Lipinski definition) is 5. The van der Waals surface area contributed by atoms with E-state index < -0.39 is 11.9 Å². The first kappa shape index (κ1) is 14.0. The maximum absolute atomic E-state index is 12.0. The van der Waals surface area contributed by atoms with Crippen LogP contribution in [0.4, 0.5) is 0 Å². The summed E-state index contributed by atoms with van der Waals surface area (Å²) >= 11 is 1.17. The number of benzene rings is 3. The van der Waals surface area contributed by atoms with Gasteiger partial charge in [-0.15, -0.1) is 0 Å². The maximum atomic E-state index is 12.0. The number of nitrogens with two attached hydrogens (primary N) is 1. The highest BCUT2D eigenvalue weighted by Crippen LogP contribution is 2.38. The molecule has 23 heavy (non-hydrogen) atoms. The third-order valence-electron chi connectivity index (χ3n) is 3.97. The minimum absolute atomic E-state index is 0.414. The van der Waals surface area contributed by atoms with Gasteiger partial charge in [0.15, 0.2) is 0 Å². The molecule has 0 radical (unpaired) electrons. The van der Waals surface area contributed by atoms with E-state index in [2.05, 4.69) is 0 Å². The second kappa shape index (κ2) is 5.22. The van der Waals surface area contributed by atoms with Crippen LogP contribution in [0.2, 0.25) is 0 Å². The van der Waals surface area contributed by atoms with Crippen LogP contribution in [0.15, 0.2) is 59.5 Å². The van der Waals surface area contributed by atoms with Gasteiger partial charge in [0.2, 0.25) is 0 Å². The molecular weight excluding hydrogens is 310 g/mol. The minimum atomic E-state index is -0.605. The van der Waals surface area contributed by atoms with Gasteiger partial charge in [0.25, 0.3) is 0 Å². The van der Waals surface area contributed by atoms with E-state index in [9.17, 15) is 9.59 Å². The van der Waals surface area contributed by atoms with Gasteiger partial charge in [-0.2, -0.15) is 0 Å². The fourth-order valence-corrected chi connectivity index (χ4v) is 3.43. The van der Waals surface area contributed by atoms with Crippen molar-refractivity contribution in [2.24, 2.45) is 5.14 Å². The molecule has 1 aliphatic rings. The second-order valence-corrected chi connectivity index (χ2v) is 5.86. The second-order valence-electron chi connectivity index (χ2n) is 5.18. The Kier molecular flexibility index (Phi) is 3.18. The van der Waals surface area contributed by atoms with E-state index in [-0.39, 0.29) is 0 Å². The minimum Gasteiger partial charge on any atom is -0.386 e. The van der Waals surface area contributed by atoms with Gasteiger partial charge in [-0.1, -0.05) is 36.4 Å². The summed E-state index contributed by atoms with van der Waals surface area (Å²) in [4.78, 5) is 24.9. The van der Waals surface area contributed by atoms with E-state index in [1.807, 2.05) is 36.4 Å². The number of esters is 2. The molecule has 0 unspecified atom stereocenters. The molecular formula is C18H11NO3S. The Labute approximate surface area is 136 Å². The third-order valence-corrected chi connectivity index (χ3v) is 4.58. The predicted octanol–water partition coefficient (Wildman–Crippen LogP) is 3.78. The van der Waals surface area contributed by atoms with Crippen LogP contribution in [0.3, 0.4) is 0 Å². The van der Waals surface area contributed by atoms with Crippen molar-refractivity contribution in [3.8, 4) is 11.1 Å². The van der Waals surface area contributed by atoms with Crippen LogP contribution < -0.4 is 5.14 Å². The van der Waals surface area contributed by atoms with Crippen LogP contribution in [0, 0.1) is 0 Å². The summed E-state index contributed by atoms with van der Waals surface area (Å²) in [5.74, 6) is -1.21. The molecule has 0 amide bonds. The molecule has 4 rings (SSSR count). The molecule has 1 heterocycles. The first-order valence-corrected chi connectivity index (χ1v) is 7.87.